The molecular formula is C7H12N4. The van der Waals surface area contributed by atoms with Gasteiger partial charge in [-0.05, 0) is 26.3 Å². The van der Waals surface area contributed by atoms with E-state index in [2.05, 4.69) is 27.4 Å². The van der Waals surface area contributed by atoms with Gasteiger partial charge in [0.1, 0.15) is 12.2 Å². The van der Waals surface area contributed by atoms with E-state index in [0.29, 0.717) is 0 Å². The minimum absolute atomic E-state index is 0.0382. The van der Waals surface area contributed by atoms with E-state index in [1.54, 1.807) is 6.33 Å². The van der Waals surface area contributed by atoms with Crippen LogP contribution < -0.4 is 5.32 Å². The summed E-state index contributed by atoms with van der Waals surface area (Å²) in [5.41, 5.74) is 0.0382. The molecule has 11 heavy (non-hydrogen) atoms. The smallest absolute Gasteiger partial charge is 0.144 e. The van der Waals surface area contributed by atoms with Gasteiger partial charge >= 0.3 is 0 Å². The summed E-state index contributed by atoms with van der Waals surface area (Å²) in [6, 6.07) is 0. The van der Waals surface area contributed by atoms with Gasteiger partial charge in [-0.25, -0.2) is 4.98 Å². The highest BCUT2D eigenvalue weighted by atomic mass is 15.2. The van der Waals surface area contributed by atoms with Crippen molar-refractivity contribution >= 4 is 0 Å². The largest absolute Gasteiger partial charge is 0.305 e. The van der Waals surface area contributed by atoms with E-state index in [9.17, 15) is 0 Å². The molecule has 4 nitrogen and oxygen atoms in total. The van der Waals surface area contributed by atoms with E-state index in [0.717, 1.165) is 18.8 Å². The number of nitrogens with zero attached hydrogens (tertiary/aromatic N) is 2. The number of H-pyrrole nitrogens is 1. The fraction of sp³-hybridized carbons (Fsp3) is 0.714. The second kappa shape index (κ2) is 2.30. The molecule has 0 spiro atoms. The molecule has 1 aliphatic rings. The van der Waals surface area contributed by atoms with Crippen LogP contribution in [0.2, 0.25) is 0 Å². The first-order chi connectivity index (χ1) is 5.31. The summed E-state index contributed by atoms with van der Waals surface area (Å²) in [5, 5.41) is 10.1. The first-order valence-corrected chi connectivity index (χ1v) is 3.92. The zero-order valence-corrected chi connectivity index (χ0v) is 6.59. The zero-order chi connectivity index (χ0) is 7.73. The van der Waals surface area contributed by atoms with Crippen molar-refractivity contribution in [3.63, 3.8) is 0 Å². The van der Waals surface area contributed by atoms with Crippen LogP contribution in [0.4, 0.5) is 0 Å². The van der Waals surface area contributed by atoms with Crippen LogP contribution in [-0.4, -0.2) is 21.7 Å². The molecule has 60 valence electrons. The fourth-order valence-electron chi connectivity index (χ4n) is 1.57. The predicted octanol–water partition coefficient (Wildman–Crippen LogP) is 0.403. The number of hydrogen-bond donors (Lipinski definition) is 2. The van der Waals surface area contributed by atoms with Crippen molar-refractivity contribution in [3.05, 3.63) is 12.2 Å². The summed E-state index contributed by atoms with van der Waals surface area (Å²) >= 11 is 0. The number of aromatic amines is 1. The predicted molar refractivity (Wildman–Crippen MR) is 41.0 cm³/mol. The van der Waals surface area contributed by atoms with Crippen LogP contribution in [-0.2, 0) is 5.54 Å². The van der Waals surface area contributed by atoms with Crippen molar-refractivity contribution in [2.45, 2.75) is 25.3 Å². The maximum absolute atomic E-state index is 4.14. The Hall–Kier alpha value is -0.900. The first kappa shape index (κ1) is 6.79. The Bertz CT molecular complexity index is 223. The molecule has 1 aromatic heterocycles. The molecule has 0 bridgehead atoms. The van der Waals surface area contributed by atoms with Crippen LogP contribution in [0.5, 0.6) is 0 Å². The average molecular weight is 152 g/mol. The molecule has 0 aromatic carbocycles. The summed E-state index contributed by atoms with van der Waals surface area (Å²) in [4.78, 5) is 4.14. The fourth-order valence-corrected chi connectivity index (χ4v) is 1.57. The van der Waals surface area contributed by atoms with Gasteiger partial charge in [0, 0.05) is 0 Å². The molecule has 1 atom stereocenters. The van der Waals surface area contributed by atoms with Crippen LogP contribution in [0.25, 0.3) is 0 Å². The average Bonchev–Trinajstić information content (AvgIpc) is 2.55. The highest BCUT2D eigenvalue weighted by Gasteiger charge is 2.32. The number of nitrogens with one attached hydrogen (secondary N) is 2. The highest BCUT2D eigenvalue weighted by Crippen LogP contribution is 2.26. The summed E-state index contributed by atoms with van der Waals surface area (Å²) in [7, 11) is 0. The molecule has 1 unspecified atom stereocenters. The molecule has 2 rings (SSSR count). The lowest BCUT2D eigenvalue weighted by atomic mass is 10.00. The third kappa shape index (κ3) is 1.03. The molecule has 4 heteroatoms. The molecule has 1 fully saturated rings. The summed E-state index contributed by atoms with van der Waals surface area (Å²) < 4.78 is 0. The quantitative estimate of drug-likeness (QED) is 0.612. The molecule has 1 saturated heterocycles. The van der Waals surface area contributed by atoms with Crippen molar-refractivity contribution in [3.8, 4) is 0 Å². The Morgan fingerprint density at radius 2 is 2.55 bits per heavy atom. The van der Waals surface area contributed by atoms with Gasteiger partial charge in [-0.2, -0.15) is 5.10 Å². The first-order valence-electron chi connectivity index (χ1n) is 3.92. The van der Waals surface area contributed by atoms with Crippen LogP contribution in [0, 0.1) is 0 Å². The van der Waals surface area contributed by atoms with E-state index < -0.39 is 0 Å². The van der Waals surface area contributed by atoms with Crippen molar-refractivity contribution in [1.29, 1.82) is 0 Å². The van der Waals surface area contributed by atoms with Crippen molar-refractivity contribution in [1.82, 2.24) is 20.5 Å². The Balaban J connectivity index is 2.27. The van der Waals surface area contributed by atoms with Gasteiger partial charge < -0.3 is 5.32 Å². The SMILES string of the molecule is CC1(c2ncn[nH]2)CCCN1. The van der Waals surface area contributed by atoms with Gasteiger partial charge in [0.05, 0.1) is 5.54 Å². The van der Waals surface area contributed by atoms with Gasteiger partial charge in [-0.1, -0.05) is 0 Å². The van der Waals surface area contributed by atoms with Crippen molar-refractivity contribution in [2.24, 2.45) is 0 Å². The van der Waals surface area contributed by atoms with Crippen molar-refractivity contribution < 1.29 is 0 Å². The lowest BCUT2D eigenvalue weighted by Crippen LogP contribution is -2.34. The third-order valence-corrected chi connectivity index (χ3v) is 2.31. The Kier molecular flexibility index (Phi) is 1.42. The Morgan fingerprint density at radius 3 is 3.09 bits per heavy atom. The Morgan fingerprint density at radius 1 is 1.64 bits per heavy atom. The van der Waals surface area contributed by atoms with Gasteiger partial charge in [0.15, 0.2) is 0 Å². The normalized spacial score (nSPS) is 31.0. The maximum atomic E-state index is 4.14. The van der Waals surface area contributed by atoms with E-state index >= 15 is 0 Å². The highest BCUT2D eigenvalue weighted by molar-refractivity contribution is 5.04. The third-order valence-electron chi connectivity index (χ3n) is 2.31. The number of hydrogen-bond acceptors (Lipinski definition) is 3. The standard InChI is InChI=1S/C7H12N4/c1-7(3-2-4-9-7)6-8-5-10-11-6/h5,9H,2-4H2,1H3,(H,8,10,11). The molecule has 2 N–H and O–H groups in total. The second-order valence-corrected chi connectivity index (χ2v) is 3.20. The molecule has 2 heterocycles. The summed E-state index contributed by atoms with van der Waals surface area (Å²) in [6.07, 6.45) is 3.92. The zero-order valence-electron chi connectivity index (χ0n) is 6.59. The lowest BCUT2D eigenvalue weighted by molar-refractivity contribution is 0.408. The molecule has 0 amide bonds. The molecular weight excluding hydrogens is 140 g/mol. The topological polar surface area (TPSA) is 53.6 Å². The van der Waals surface area contributed by atoms with Gasteiger partial charge in [-0.15, -0.1) is 0 Å². The summed E-state index contributed by atoms with van der Waals surface area (Å²) in [6.45, 7) is 3.23. The van der Waals surface area contributed by atoms with Crippen molar-refractivity contribution in [2.75, 3.05) is 6.54 Å². The number of rotatable bonds is 1. The minimum atomic E-state index is 0.0382. The molecule has 0 radical (unpaired) electrons. The van der Waals surface area contributed by atoms with Crippen LogP contribution in [0.3, 0.4) is 0 Å². The molecule has 0 saturated carbocycles. The second-order valence-electron chi connectivity index (χ2n) is 3.20. The summed E-state index contributed by atoms with van der Waals surface area (Å²) in [5.74, 6) is 0.954. The van der Waals surface area contributed by atoms with Crippen LogP contribution >= 0.6 is 0 Å². The molecule has 0 aliphatic carbocycles. The van der Waals surface area contributed by atoms with Gasteiger partial charge in [0.2, 0.25) is 0 Å². The Labute approximate surface area is 65.4 Å². The van der Waals surface area contributed by atoms with E-state index in [-0.39, 0.29) is 5.54 Å². The van der Waals surface area contributed by atoms with E-state index in [1.165, 1.54) is 6.42 Å². The minimum Gasteiger partial charge on any atom is -0.305 e. The number of aromatic nitrogens is 3. The maximum Gasteiger partial charge on any atom is 0.144 e. The monoisotopic (exact) mass is 152 g/mol. The van der Waals surface area contributed by atoms with E-state index in [1.807, 2.05) is 0 Å². The molecule has 1 aliphatic heterocycles. The van der Waals surface area contributed by atoms with E-state index in [4.69, 9.17) is 0 Å². The van der Waals surface area contributed by atoms with Gasteiger partial charge in [0.25, 0.3) is 0 Å². The van der Waals surface area contributed by atoms with Crippen LogP contribution in [0.15, 0.2) is 6.33 Å². The van der Waals surface area contributed by atoms with Crippen LogP contribution in [0.1, 0.15) is 25.6 Å². The lowest BCUT2D eigenvalue weighted by Gasteiger charge is -2.20. The molecule has 1 aromatic rings. The van der Waals surface area contributed by atoms with Gasteiger partial charge in [-0.3, -0.25) is 5.10 Å².